The summed E-state index contributed by atoms with van der Waals surface area (Å²) >= 11 is 0. The third kappa shape index (κ3) is 4.88. The van der Waals surface area contributed by atoms with E-state index in [1.54, 1.807) is 30.3 Å². The predicted octanol–water partition coefficient (Wildman–Crippen LogP) is 4.00. The smallest absolute Gasteiger partial charge is 0.329 e. The van der Waals surface area contributed by atoms with Crippen molar-refractivity contribution in [3.05, 3.63) is 65.2 Å². The van der Waals surface area contributed by atoms with Gasteiger partial charge >= 0.3 is 5.97 Å². The summed E-state index contributed by atoms with van der Waals surface area (Å²) < 4.78 is 5.25. The predicted molar refractivity (Wildman–Crippen MR) is 120 cm³/mol. The Balaban J connectivity index is 1.71. The maximum absolute atomic E-state index is 12.9. The van der Waals surface area contributed by atoms with Crippen molar-refractivity contribution in [1.82, 2.24) is 4.90 Å². The van der Waals surface area contributed by atoms with E-state index in [9.17, 15) is 19.2 Å². The number of para-hydroxylation sites is 1. The molecular weight excluding hydrogens is 408 g/mol. The highest BCUT2D eigenvalue weighted by Crippen LogP contribution is 2.27. The summed E-state index contributed by atoms with van der Waals surface area (Å²) in [5, 5.41) is 2.76. The molecule has 2 aromatic rings. The van der Waals surface area contributed by atoms with Crippen molar-refractivity contribution in [3.63, 3.8) is 0 Å². The van der Waals surface area contributed by atoms with Crippen LogP contribution in [0.1, 0.15) is 66.3 Å². The number of hydrogen-bond acceptors (Lipinski definition) is 5. The SMILES string of the molecule is CC(C)C[C@H](C(=O)OCC(=O)Nc1ccccc1C(C)C)N1C(=O)c2ccccc2C1=O. The summed E-state index contributed by atoms with van der Waals surface area (Å²) in [5.74, 6) is -2.09. The van der Waals surface area contributed by atoms with E-state index in [-0.39, 0.29) is 29.4 Å². The molecule has 7 nitrogen and oxygen atoms in total. The molecule has 0 aliphatic carbocycles. The molecule has 7 heteroatoms. The number of imide groups is 1. The highest BCUT2D eigenvalue weighted by Gasteiger charge is 2.43. The number of fused-ring (bicyclic) bond motifs is 1. The summed E-state index contributed by atoms with van der Waals surface area (Å²) in [6, 6.07) is 12.8. The van der Waals surface area contributed by atoms with Crippen molar-refractivity contribution in [2.24, 2.45) is 5.92 Å². The van der Waals surface area contributed by atoms with Crippen LogP contribution in [0.5, 0.6) is 0 Å². The Morgan fingerprint density at radius 1 is 0.906 bits per heavy atom. The first-order valence-corrected chi connectivity index (χ1v) is 10.7. The standard InChI is InChI=1S/C25H28N2O5/c1-15(2)13-21(27-23(29)18-10-5-6-11-19(18)24(27)30)25(31)32-14-22(28)26-20-12-8-7-9-17(20)16(3)4/h5-12,15-16,21H,13-14H2,1-4H3,(H,26,28)/t21-/m1/s1. The third-order valence-corrected chi connectivity index (χ3v) is 5.31. The maximum Gasteiger partial charge on any atom is 0.329 e. The van der Waals surface area contributed by atoms with E-state index < -0.39 is 36.3 Å². The van der Waals surface area contributed by atoms with Gasteiger partial charge in [-0.3, -0.25) is 19.3 Å². The Bertz CT molecular complexity index is 1010. The molecule has 0 spiro atoms. The Morgan fingerprint density at radius 3 is 2.03 bits per heavy atom. The monoisotopic (exact) mass is 436 g/mol. The molecule has 32 heavy (non-hydrogen) atoms. The van der Waals surface area contributed by atoms with Crippen molar-refractivity contribution in [2.45, 2.75) is 46.1 Å². The van der Waals surface area contributed by atoms with Crippen LogP contribution in [-0.2, 0) is 14.3 Å². The van der Waals surface area contributed by atoms with Crippen LogP contribution < -0.4 is 5.32 Å². The molecule has 1 heterocycles. The summed E-state index contributed by atoms with van der Waals surface area (Å²) in [6.45, 7) is 7.29. The molecule has 3 amide bonds. The van der Waals surface area contributed by atoms with Gasteiger partial charge in [-0.15, -0.1) is 0 Å². The fourth-order valence-electron chi connectivity index (χ4n) is 3.78. The molecule has 0 bridgehead atoms. The van der Waals surface area contributed by atoms with Gasteiger partial charge < -0.3 is 10.1 Å². The highest BCUT2D eigenvalue weighted by atomic mass is 16.5. The number of ether oxygens (including phenoxy) is 1. The second kappa shape index (κ2) is 9.77. The van der Waals surface area contributed by atoms with Crippen molar-refractivity contribution >= 4 is 29.4 Å². The first-order valence-electron chi connectivity index (χ1n) is 10.7. The molecule has 1 N–H and O–H groups in total. The number of anilines is 1. The Kier molecular flexibility index (Phi) is 7.08. The molecule has 1 aliphatic heterocycles. The number of rotatable bonds is 8. The average molecular weight is 437 g/mol. The number of benzene rings is 2. The number of carbonyl (C=O) groups is 4. The van der Waals surface area contributed by atoms with Crippen LogP contribution >= 0.6 is 0 Å². The lowest BCUT2D eigenvalue weighted by Gasteiger charge is -2.26. The summed E-state index contributed by atoms with van der Waals surface area (Å²) in [7, 11) is 0. The molecule has 0 aromatic heterocycles. The molecule has 0 saturated heterocycles. The Hall–Kier alpha value is -3.48. The van der Waals surface area contributed by atoms with Gasteiger partial charge in [-0.2, -0.15) is 0 Å². The molecule has 2 aromatic carbocycles. The van der Waals surface area contributed by atoms with E-state index in [0.717, 1.165) is 10.5 Å². The van der Waals surface area contributed by atoms with Gasteiger partial charge in [0.1, 0.15) is 6.04 Å². The molecule has 0 saturated carbocycles. The Labute approximate surface area is 187 Å². The average Bonchev–Trinajstić information content (AvgIpc) is 3.01. The minimum Gasteiger partial charge on any atom is -0.454 e. The van der Waals surface area contributed by atoms with Crippen molar-refractivity contribution in [3.8, 4) is 0 Å². The van der Waals surface area contributed by atoms with Crippen LogP contribution in [-0.4, -0.2) is 41.2 Å². The van der Waals surface area contributed by atoms with Gasteiger partial charge in [0.15, 0.2) is 6.61 Å². The van der Waals surface area contributed by atoms with Crippen molar-refractivity contribution < 1.29 is 23.9 Å². The fourth-order valence-corrected chi connectivity index (χ4v) is 3.78. The molecule has 3 rings (SSSR count). The lowest BCUT2D eigenvalue weighted by Crippen LogP contribution is -2.46. The van der Waals surface area contributed by atoms with Gasteiger partial charge in [0.05, 0.1) is 11.1 Å². The van der Waals surface area contributed by atoms with Crippen LogP contribution in [0.2, 0.25) is 0 Å². The number of hydrogen-bond donors (Lipinski definition) is 1. The largest absolute Gasteiger partial charge is 0.454 e. The van der Waals surface area contributed by atoms with E-state index in [1.165, 1.54) is 0 Å². The molecular formula is C25H28N2O5. The van der Waals surface area contributed by atoms with Crippen molar-refractivity contribution in [2.75, 3.05) is 11.9 Å². The first-order chi connectivity index (χ1) is 15.2. The summed E-state index contributed by atoms with van der Waals surface area (Å²) in [5.41, 5.74) is 2.16. The second-order valence-corrected chi connectivity index (χ2v) is 8.57. The Morgan fingerprint density at radius 2 is 1.47 bits per heavy atom. The van der Waals surface area contributed by atoms with Crippen molar-refractivity contribution in [1.29, 1.82) is 0 Å². The zero-order valence-corrected chi connectivity index (χ0v) is 18.8. The molecule has 0 unspecified atom stereocenters. The van der Waals surface area contributed by atoms with E-state index in [4.69, 9.17) is 4.74 Å². The second-order valence-electron chi connectivity index (χ2n) is 8.57. The number of nitrogens with one attached hydrogen (secondary N) is 1. The lowest BCUT2D eigenvalue weighted by atomic mass is 10.0. The number of amides is 3. The van der Waals surface area contributed by atoms with Gasteiger partial charge in [-0.1, -0.05) is 58.0 Å². The van der Waals surface area contributed by atoms with Crippen LogP contribution in [0, 0.1) is 5.92 Å². The van der Waals surface area contributed by atoms with Crippen LogP contribution in [0.3, 0.4) is 0 Å². The normalized spacial score (nSPS) is 14.0. The lowest BCUT2D eigenvalue weighted by molar-refractivity contribution is -0.151. The minimum absolute atomic E-state index is 0.0172. The van der Waals surface area contributed by atoms with E-state index in [0.29, 0.717) is 5.69 Å². The topological polar surface area (TPSA) is 92.8 Å². The zero-order valence-electron chi connectivity index (χ0n) is 18.8. The molecule has 0 fully saturated rings. The highest BCUT2D eigenvalue weighted by molar-refractivity contribution is 6.22. The maximum atomic E-state index is 12.9. The van der Waals surface area contributed by atoms with Crippen LogP contribution in [0.4, 0.5) is 5.69 Å². The van der Waals surface area contributed by atoms with E-state index >= 15 is 0 Å². The fraction of sp³-hybridized carbons (Fsp3) is 0.360. The van der Waals surface area contributed by atoms with Gasteiger partial charge in [0, 0.05) is 5.69 Å². The summed E-state index contributed by atoms with van der Waals surface area (Å²) in [4.78, 5) is 51.9. The van der Waals surface area contributed by atoms with Gasteiger partial charge in [0.25, 0.3) is 17.7 Å². The molecule has 168 valence electrons. The molecule has 1 atom stereocenters. The number of carbonyl (C=O) groups excluding carboxylic acids is 4. The molecule has 0 radical (unpaired) electrons. The number of esters is 1. The summed E-state index contributed by atoms with van der Waals surface area (Å²) in [6.07, 6.45) is 0.238. The van der Waals surface area contributed by atoms with E-state index in [1.807, 2.05) is 45.9 Å². The third-order valence-electron chi connectivity index (χ3n) is 5.31. The van der Waals surface area contributed by atoms with E-state index in [2.05, 4.69) is 5.32 Å². The zero-order chi connectivity index (χ0) is 23.4. The van der Waals surface area contributed by atoms with Gasteiger partial charge in [-0.05, 0) is 42.0 Å². The van der Waals surface area contributed by atoms with Gasteiger partial charge in [-0.25, -0.2) is 4.79 Å². The first kappa shape index (κ1) is 23.2. The number of nitrogens with zero attached hydrogens (tertiary/aromatic N) is 1. The van der Waals surface area contributed by atoms with Gasteiger partial charge in [0.2, 0.25) is 0 Å². The quantitative estimate of drug-likeness (QED) is 0.499. The molecule has 1 aliphatic rings. The van der Waals surface area contributed by atoms with Crippen LogP contribution in [0.15, 0.2) is 48.5 Å². The van der Waals surface area contributed by atoms with Crippen LogP contribution in [0.25, 0.3) is 0 Å². The minimum atomic E-state index is -1.10.